The maximum Gasteiger partial charge on any atom is 0.191 e. The van der Waals surface area contributed by atoms with Crippen LogP contribution in [-0.4, -0.2) is 30.7 Å². The van der Waals surface area contributed by atoms with E-state index in [1.54, 1.807) is 12.1 Å². The largest absolute Gasteiger partial charge is 0.386 e. The maximum atomic E-state index is 13.6. The summed E-state index contributed by atoms with van der Waals surface area (Å²) in [5.41, 5.74) is 0.0408. The van der Waals surface area contributed by atoms with E-state index >= 15 is 0 Å². The molecule has 4 nitrogen and oxygen atoms in total. The summed E-state index contributed by atoms with van der Waals surface area (Å²) in [6.07, 6.45) is -0.566. The fourth-order valence-corrected chi connectivity index (χ4v) is 3.23. The Balaban J connectivity index is 0.00000338. The van der Waals surface area contributed by atoms with E-state index in [2.05, 4.69) is 15.6 Å². The van der Waals surface area contributed by atoms with Crippen molar-refractivity contribution in [2.75, 3.05) is 19.6 Å². The third-order valence-corrected chi connectivity index (χ3v) is 4.75. The van der Waals surface area contributed by atoms with Crippen LogP contribution < -0.4 is 10.6 Å². The van der Waals surface area contributed by atoms with Crippen molar-refractivity contribution in [3.8, 4) is 0 Å². The lowest BCUT2D eigenvalue weighted by Gasteiger charge is -2.13. The van der Waals surface area contributed by atoms with Gasteiger partial charge in [0.1, 0.15) is 17.7 Å². The fraction of sp³-hybridized carbons (Fsp3) is 0.353. The monoisotopic (exact) mass is 515 g/mol. The molecule has 1 heterocycles. The molecule has 0 saturated heterocycles. The van der Waals surface area contributed by atoms with Crippen LogP contribution in [0.4, 0.5) is 8.78 Å². The van der Waals surface area contributed by atoms with Crippen LogP contribution in [0.3, 0.4) is 0 Å². The molecule has 0 amide bonds. The molecule has 0 aliphatic heterocycles. The summed E-state index contributed by atoms with van der Waals surface area (Å²) in [4.78, 5) is 5.03. The van der Waals surface area contributed by atoms with Gasteiger partial charge in [0, 0.05) is 23.5 Å². The zero-order chi connectivity index (χ0) is 18.2. The van der Waals surface area contributed by atoms with Crippen molar-refractivity contribution in [3.05, 3.63) is 56.7 Å². The first kappa shape index (κ1) is 23.1. The topological polar surface area (TPSA) is 56.7 Å². The van der Waals surface area contributed by atoms with E-state index in [0.717, 1.165) is 4.88 Å². The molecule has 0 spiro atoms. The minimum Gasteiger partial charge on any atom is -0.386 e. The molecule has 144 valence electrons. The summed E-state index contributed by atoms with van der Waals surface area (Å²) in [6, 6.07) is 7.29. The molecular weight excluding hydrogens is 495 g/mol. The Bertz CT molecular complexity index is 710. The van der Waals surface area contributed by atoms with Gasteiger partial charge in [-0.2, -0.15) is 0 Å². The lowest BCUT2D eigenvalue weighted by Crippen LogP contribution is -2.38. The highest BCUT2D eigenvalue weighted by molar-refractivity contribution is 14.0. The molecule has 26 heavy (non-hydrogen) atoms. The number of hydrogen-bond donors (Lipinski definition) is 3. The first-order valence-corrected chi connectivity index (χ1v) is 9.09. The van der Waals surface area contributed by atoms with Crippen LogP contribution in [-0.2, 0) is 6.42 Å². The number of aliphatic hydroxyl groups excluding tert-OH is 1. The molecule has 0 fully saturated rings. The number of halogens is 4. The Labute approximate surface area is 177 Å². The van der Waals surface area contributed by atoms with Gasteiger partial charge in [0.15, 0.2) is 5.96 Å². The Kier molecular flexibility index (Phi) is 10.4. The summed E-state index contributed by atoms with van der Waals surface area (Å²) < 4.78 is 27.8. The van der Waals surface area contributed by atoms with Gasteiger partial charge in [-0.15, -0.1) is 35.3 Å². The van der Waals surface area contributed by atoms with Gasteiger partial charge >= 0.3 is 0 Å². The van der Waals surface area contributed by atoms with Gasteiger partial charge in [0.2, 0.25) is 0 Å². The molecular formula is C17H21ClF2IN3OS. The molecule has 0 saturated carbocycles. The maximum absolute atomic E-state index is 13.6. The Morgan fingerprint density at radius 2 is 1.92 bits per heavy atom. The predicted molar refractivity (Wildman–Crippen MR) is 114 cm³/mol. The number of aliphatic hydroxyl groups is 1. The summed E-state index contributed by atoms with van der Waals surface area (Å²) in [5, 5.41) is 16.2. The first-order chi connectivity index (χ1) is 12.0. The third kappa shape index (κ3) is 6.98. The molecule has 1 aromatic carbocycles. The van der Waals surface area contributed by atoms with E-state index < -0.39 is 17.7 Å². The van der Waals surface area contributed by atoms with Gasteiger partial charge in [0.25, 0.3) is 0 Å². The number of guanidine groups is 1. The van der Waals surface area contributed by atoms with Gasteiger partial charge in [-0.25, -0.2) is 8.78 Å². The van der Waals surface area contributed by atoms with Gasteiger partial charge < -0.3 is 15.7 Å². The molecule has 2 rings (SSSR count). The smallest absolute Gasteiger partial charge is 0.191 e. The van der Waals surface area contributed by atoms with E-state index in [0.29, 0.717) is 23.4 Å². The van der Waals surface area contributed by atoms with Gasteiger partial charge in [-0.3, -0.25) is 4.99 Å². The minimum atomic E-state index is -0.753. The lowest BCUT2D eigenvalue weighted by atomic mass is 10.1. The second kappa shape index (κ2) is 11.7. The van der Waals surface area contributed by atoms with Crippen LogP contribution in [0.15, 0.2) is 35.3 Å². The average Bonchev–Trinajstić information content (AvgIpc) is 3.01. The molecule has 0 aliphatic rings. The summed E-state index contributed by atoms with van der Waals surface area (Å²) >= 11 is 7.16. The fourth-order valence-electron chi connectivity index (χ4n) is 2.19. The molecule has 1 aromatic heterocycles. The van der Waals surface area contributed by atoms with Crippen molar-refractivity contribution in [2.45, 2.75) is 19.4 Å². The van der Waals surface area contributed by atoms with Crippen molar-refractivity contribution in [3.63, 3.8) is 0 Å². The minimum absolute atomic E-state index is 0. The molecule has 1 unspecified atom stereocenters. The van der Waals surface area contributed by atoms with Crippen LogP contribution >= 0.6 is 46.9 Å². The standard InChI is InChI=1S/C17H20ClF2N3OS.HI/c1-2-21-17(23-10-14(24)15-6-7-16(18)25-15)22-9-8-11-12(19)4-3-5-13(11)20;/h3-7,14,24H,2,8-10H2,1H3,(H2,21,22,23);1H. The number of rotatable bonds is 7. The average molecular weight is 516 g/mol. The number of benzene rings is 1. The third-order valence-electron chi connectivity index (χ3n) is 3.42. The second-order valence-electron chi connectivity index (χ2n) is 5.25. The highest BCUT2D eigenvalue weighted by Crippen LogP contribution is 2.26. The van der Waals surface area contributed by atoms with Crippen LogP contribution in [0.25, 0.3) is 0 Å². The molecule has 0 radical (unpaired) electrons. The number of aliphatic imine (C=N–C) groups is 1. The zero-order valence-electron chi connectivity index (χ0n) is 14.1. The highest BCUT2D eigenvalue weighted by atomic mass is 127. The van der Waals surface area contributed by atoms with E-state index in [1.165, 1.54) is 29.5 Å². The summed E-state index contributed by atoms with van der Waals surface area (Å²) in [6.45, 7) is 2.99. The van der Waals surface area contributed by atoms with Crippen molar-refractivity contribution in [2.24, 2.45) is 4.99 Å². The van der Waals surface area contributed by atoms with Crippen molar-refractivity contribution < 1.29 is 13.9 Å². The van der Waals surface area contributed by atoms with Gasteiger partial charge in [0.05, 0.1) is 10.9 Å². The van der Waals surface area contributed by atoms with E-state index in [-0.39, 0.29) is 42.5 Å². The number of thiophene rings is 1. The van der Waals surface area contributed by atoms with Gasteiger partial charge in [-0.1, -0.05) is 17.7 Å². The molecule has 2 aromatic rings. The normalized spacial score (nSPS) is 12.4. The molecule has 0 bridgehead atoms. The summed E-state index contributed by atoms with van der Waals surface area (Å²) in [7, 11) is 0. The second-order valence-corrected chi connectivity index (χ2v) is 7.00. The number of hydrogen-bond acceptors (Lipinski definition) is 3. The zero-order valence-corrected chi connectivity index (χ0v) is 18.0. The van der Waals surface area contributed by atoms with E-state index in [9.17, 15) is 13.9 Å². The van der Waals surface area contributed by atoms with Crippen LogP contribution in [0.1, 0.15) is 23.5 Å². The Hall–Kier alpha value is -0.970. The van der Waals surface area contributed by atoms with Crippen molar-refractivity contribution in [1.29, 1.82) is 0 Å². The van der Waals surface area contributed by atoms with Gasteiger partial charge in [-0.05, 0) is 37.6 Å². The Morgan fingerprint density at radius 1 is 1.23 bits per heavy atom. The molecule has 9 heteroatoms. The molecule has 0 aliphatic carbocycles. The highest BCUT2D eigenvalue weighted by Gasteiger charge is 2.11. The van der Waals surface area contributed by atoms with Crippen LogP contribution in [0.2, 0.25) is 4.34 Å². The van der Waals surface area contributed by atoms with Crippen molar-refractivity contribution >= 4 is 52.9 Å². The summed E-state index contributed by atoms with van der Waals surface area (Å²) in [5.74, 6) is -0.650. The van der Waals surface area contributed by atoms with E-state index in [1.807, 2.05) is 6.92 Å². The lowest BCUT2D eigenvalue weighted by molar-refractivity contribution is 0.191. The van der Waals surface area contributed by atoms with E-state index in [4.69, 9.17) is 11.6 Å². The van der Waals surface area contributed by atoms with Crippen molar-refractivity contribution in [1.82, 2.24) is 10.6 Å². The van der Waals surface area contributed by atoms with Crippen LogP contribution in [0, 0.1) is 11.6 Å². The quantitative estimate of drug-likeness (QED) is 0.295. The van der Waals surface area contributed by atoms with Crippen LogP contribution in [0.5, 0.6) is 0 Å². The molecule has 1 atom stereocenters. The number of nitrogens with one attached hydrogen (secondary N) is 2. The predicted octanol–water partition coefficient (Wildman–Crippen LogP) is 4.13. The SMILES string of the molecule is CCNC(=NCC(O)c1ccc(Cl)s1)NCCc1c(F)cccc1F.I. The Morgan fingerprint density at radius 3 is 2.50 bits per heavy atom. The molecule has 3 N–H and O–H groups in total. The first-order valence-electron chi connectivity index (χ1n) is 7.89. The number of nitrogens with zero attached hydrogens (tertiary/aromatic N) is 1.